The Morgan fingerprint density at radius 3 is 2.43 bits per heavy atom. The van der Waals surface area contributed by atoms with Crippen molar-refractivity contribution in [2.45, 2.75) is 19.2 Å². The van der Waals surface area contributed by atoms with E-state index in [0.717, 1.165) is 11.1 Å². The van der Waals surface area contributed by atoms with Crippen LogP contribution < -0.4 is 18.9 Å². The van der Waals surface area contributed by atoms with Crippen molar-refractivity contribution in [1.29, 1.82) is 0 Å². The Labute approximate surface area is 242 Å². The van der Waals surface area contributed by atoms with Gasteiger partial charge in [0, 0.05) is 24.5 Å². The average Bonchev–Trinajstić information content (AvgIpc) is 3.29. The van der Waals surface area contributed by atoms with Crippen LogP contribution in [-0.2, 0) is 22.7 Å². The quantitative estimate of drug-likeness (QED) is 0.180. The molecular weight excluding hydrogens is 536 g/mol. The van der Waals surface area contributed by atoms with Crippen LogP contribution in [-0.4, -0.2) is 47.0 Å². The molecule has 6 rings (SSSR count). The zero-order chi connectivity index (χ0) is 29.1. The molecule has 9 heteroatoms. The number of benzene rings is 3. The molecule has 3 heterocycles. The number of carbonyl (C=O) groups is 2. The Kier molecular flexibility index (Phi) is 7.47. The van der Waals surface area contributed by atoms with Crippen molar-refractivity contribution < 1.29 is 33.6 Å². The maximum atomic E-state index is 13.5. The number of pyridine rings is 1. The second-order valence-corrected chi connectivity index (χ2v) is 9.83. The molecule has 1 amide bonds. The molecule has 1 unspecified atom stereocenters. The van der Waals surface area contributed by atoms with Crippen LogP contribution in [0.2, 0.25) is 0 Å². The fourth-order valence-corrected chi connectivity index (χ4v) is 5.13. The highest BCUT2D eigenvalue weighted by atomic mass is 16.6. The number of hydrogen-bond donors (Lipinski definition) is 1. The smallest absolute Gasteiger partial charge is 0.295 e. The van der Waals surface area contributed by atoms with Gasteiger partial charge >= 0.3 is 0 Å². The van der Waals surface area contributed by atoms with Gasteiger partial charge in [-0.2, -0.15) is 0 Å². The largest absolute Gasteiger partial charge is 0.507 e. The summed E-state index contributed by atoms with van der Waals surface area (Å²) in [7, 11) is 1.53. The lowest BCUT2D eigenvalue weighted by atomic mass is 9.94. The number of aliphatic hydroxyl groups is 1. The minimum atomic E-state index is -0.900. The van der Waals surface area contributed by atoms with Gasteiger partial charge in [0.15, 0.2) is 23.0 Å². The molecule has 2 aliphatic heterocycles. The molecular formula is C33H28N2O7. The standard InChI is InChI=1S/C33H28N2O7/c1-39-27-17-23(7-9-25(27)42-20-22-5-3-2-4-6-22)30-29(31(36)24-8-10-26-28(18-24)41-16-15-40-26)32(37)33(38)35(30)19-21-11-13-34-14-12-21/h2-14,17-18,30,36H,15-16,19-20H2,1H3/b31-29+. The summed E-state index contributed by atoms with van der Waals surface area (Å²) in [6.07, 6.45) is 3.25. The van der Waals surface area contributed by atoms with Crippen molar-refractivity contribution in [1.82, 2.24) is 9.88 Å². The maximum Gasteiger partial charge on any atom is 0.295 e. The normalized spacial score (nSPS) is 17.3. The molecule has 0 bridgehead atoms. The Hall–Kier alpha value is -5.31. The van der Waals surface area contributed by atoms with Crippen LogP contribution in [0, 0.1) is 0 Å². The number of ether oxygens (including phenoxy) is 4. The number of nitrogens with zero attached hydrogens (tertiary/aromatic N) is 2. The minimum Gasteiger partial charge on any atom is -0.507 e. The van der Waals surface area contributed by atoms with Crippen molar-refractivity contribution in [3.05, 3.63) is 119 Å². The van der Waals surface area contributed by atoms with E-state index in [1.807, 2.05) is 30.3 Å². The van der Waals surface area contributed by atoms with E-state index >= 15 is 0 Å². The van der Waals surface area contributed by atoms with Gasteiger partial charge in [-0.25, -0.2) is 0 Å². The number of rotatable bonds is 8. The Morgan fingerprint density at radius 1 is 0.905 bits per heavy atom. The van der Waals surface area contributed by atoms with Gasteiger partial charge in [-0.15, -0.1) is 0 Å². The fraction of sp³-hybridized carbons (Fsp3) is 0.182. The Bertz CT molecular complexity index is 1650. The topological polar surface area (TPSA) is 107 Å². The SMILES string of the molecule is COc1cc(C2/C(=C(\O)c3ccc4c(c3)OCCO4)C(=O)C(=O)N2Cc2ccncc2)ccc1OCc1ccccc1. The second kappa shape index (κ2) is 11.7. The van der Waals surface area contributed by atoms with Crippen LogP contribution in [0.1, 0.15) is 28.3 Å². The molecule has 4 aromatic rings. The van der Waals surface area contributed by atoms with Gasteiger partial charge < -0.3 is 29.0 Å². The monoisotopic (exact) mass is 564 g/mol. The molecule has 1 atom stereocenters. The highest BCUT2D eigenvalue weighted by Gasteiger charge is 2.46. The van der Waals surface area contributed by atoms with E-state index in [9.17, 15) is 14.7 Å². The molecule has 42 heavy (non-hydrogen) atoms. The number of fused-ring (bicyclic) bond motifs is 1. The Morgan fingerprint density at radius 2 is 1.67 bits per heavy atom. The van der Waals surface area contributed by atoms with E-state index in [1.54, 1.807) is 60.9 Å². The summed E-state index contributed by atoms with van der Waals surface area (Å²) in [5.41, 5.74) is 2.65. The summed E-state index contributed by atoms with van der Waals surface area (Å²) in [6.45, 7) is 1.25. The molecule has 1 N–H and O–H groups in total. The number of hydrogen-bond acceptors (Lipinski definition) is 8. The van der Waals surface area contributed by atoms with Crippen LogP contribution >= 0.6 is 0 Å². The molecule has 9 nitrogen and oxygen atoms in total. The van der Waals surface area contributed by atoms with Crippen LogP contribution in [0.4, 0.5) is 0 Å². The molecule has 0 aliphatic carbocycles. The van der Waals surface area contributed by atoms with Crippen LogP contribution in [0.15, 0.2) is 96.8 Å². The predicted molar refractivity (Wildman–Crippen MR) is 153 cm³/mol. The van der Waals surface area contributed by atoms with Crippen molar-refractivity contribution in [3.63, 3.8) is 0 Å². The molecule has 0 saturated carbocycles. The lowest BCUT2D eigenvalue weighted by Crippen LogP contribution is -2.29. The first-order valence-corrected chi connectivity index (χ1v) is 13.5. The maximum absolute atomic E-state index is 13.5. The van der Waals surface area contributed by atoms with E-state index < -0.39 is 17.7 Å². The number of amides is 1. The van der Waals surface area contributed by atoms with Gasteiger partial charge in [-0.3, -0.25) is 14.6 Å². The molecule has 2 aliphatic rings. The first-order valence-electron chi connectivity index (χ1n) is 13.5. The van der Waals surface area contributed by atoms with Gasteiger partial charge in [0.25, 0.3) is 11.7 Å². The van der Waals surface area contributed by atoms with Gasteiger partial charge in [-0.1, -0.05) is 36.4 Å². The summed E-state index contributed by atoms with van der Waals surface area (Å²) in [4.78, 5) is 32.5. The van der Waals surface area contributed by atoms with Gasteiger partial charge in [0.2, 0.25) is 0 Å². The number of aromatic nitrogens is 1. The number of likely N-dealkylation sites (tertiary alicyclic amines) is 1. The summed E-state index contributed by atoms with van der Waals surface area (Å²) in [5, 5.41) is 11.5. The van der Waals surface area contributed by atoms with E-state index in [0.29, 0.717) is 53.9 Å². The summed E-state index contributed by atoms with van der Waals surface area (Å²) in [5.74, 6) is 0.109. The van der Waals surface area contributed by atoms with E-state index in [2.05, 4.69) is 4.98 Å². The summed E-state index contributed by atoms with van der Waals surface area (Å²) >= 11 is 0. The molecule has 1 aromatic heterocycles. The molecule has 3 aromatic carbocycles. The minimum absolute atomic E-state index is 0.0364. The first kappa shape index (κ1) is 26.9. The van der Waals surface area contributed by atoms with E-state index in [4.69, 9.17) is 18.9 Å². The molecule has 0 spiro atoms. The number of aliphatic hydroxyl groups excluding tert-OH is 1. The molecule has 1 saturated heterocycles. The van der Waals surface area contributed by atoms with E-state index in [-0.39, 0.29) is 17.9 Å². The van der Waals surface area contributed by atoms with Crippen LogP contribution in [0.5, 0.6) is 23.0 Å². The Balaban J connectivity index is 1.42. The van der Waals surface area contributed by atoms with Crippen molar-refractivity contribution in [3.8, 4) is 23.0 Å². The highest BCUT2D eigenvalue weighted by Crippen LogP contribution is 2.43. The second-order valence-electron chi connectivity index (χ2n) is 9.83. The van der Waals surface area contributed by atoms with Gasteiger partial charge in [0.05, 0.1) is 18.7 Å². The highest BCUT2D eigenvalue weighted by molar-refractivity contribution is 6.46. The lowest BCUT2D eigenvalue weighted by Gasteiger charge is -2.26. The van der Waals surface area contributed by atoms with Gasteiger partial charge in [-0.05, 0) is 59.2 Å². The van der Waals surface area contributed by atoms with Crippen molar-refractivity contribution in [2.75, 3.05) is 20.3 Å². The predicted octanol–water partition coefficient (Wildman–Crippen LogP) is 5.06. The molecule has 212 valence electrons. The van der Waals surface area contributed by atoms with Crippen LogP contribution in [0.25, 0.3) is 5.76 Å². The first-order chi connectivity index (χ1) is 20.5. The third kappa shape index (κ3) is 5.24. The van der Waals surface area contributed by atoms with Gasteiger partial charge in [0.1, 0.15) is 25.6 Å². The summed E-state index contributed by atoms with van der Waals surface area (Å²) < 4.78 is 23.0. The third-order valence-electron chi connectivity index (χ3n) is 7.20. The van der Waals surface area contributed by atoms with Crippen LogP contribution in [0.3, 0.4) is 0 Å². The van der Waals surface area contributed by atoms with Crippen molar-refractivity contribution in [2.24, 2.45) is 0 Å². The van der Waals surface area contributed by atoms with Crippen molar-refractivity contribution >= 4 is 17.4 Å². The fourth-order valence-electron chi connectivity index (χ4n) is 5.13. The lowest BCUT2D eigenvalue weighted by molar-refractivity contribution is -0.140. The average molecular weight is 565 g/mol. The number of carbonyl (C=O) groups excluding carboxylic acids is 2. The van der Waals surface area contributed by atoms with E-state index in [1.165, 1.54) is 12.0 Å². The number of ketones is 1. The zero-order valence-corrected chi connectivity index (χ0v) is 22.9. The number of Topliss-reactive ketones (excluding diaryl/α,β-unsaturated/α-hetero) is 1. The summed E-state index contributed by atoms with van der Waals surface area (Å²) in [6, 6.07) is 22.6. The molecule has 0 radical (unpaired) electrons. The molecule has 1 fully saturated rings. The zero-order valence-electron chi connectivity index (χ0n) is 22.9. The third-order valence-corrected chi connectivity index (χ3v) is 7.20. The number of methoxy groups -OCH3 is 1.